The van der Waals surface area contributed by atoms with Crippen LogP contribution in [0.4, 0.5) is 5.13 Å². The molecule has 2 heterocycles. The standard InChI is InChI=1S/C17H19N3O2S/c1-19(11-13-6-3-2-4-7-13)16(22)10-14-12-23-17(18-14)20-9-5-8-15(20)21/h2-4,6-7,12H,5,8-11H2,1H3. The molecule has 1 aliphatic rings. The fraction of sp³-hybridized carbons (Fsp3) is 0.353. The highest BCUT2D eigenvalue weighted by Crippen LogP contribution is 2.25. The topological polar surface area (TPSA) is 53.5 Å². The smallest absolute Gasteiger partial charge is 0.228 e. The average molecular weight is 329 g/mol. The molecule has 120 valence electrons. The summed E-state index contributed by atoms with van der Waals surface area (Å²) in [5.41, 5.74) is 1.83. The van der Waals surface area contributed by atoms with E-state index in [4.69, 9.17) is 0 Å². The summed E-state index contributed by atoms with van der Waals surface area (Å²) in [7, 11) is 1.80. The van der Waals surface area contributed by atoms with Gasteiger partial charge in [-0.05, 0) is 12.0 Å². The molecule has 5 nitrogen and oxygen atoms in total. The van der Waals surface area contributed by atoms with Crippen molar-refractivity contribution >= 4 is 28.3 Å². The molecular formula is C17H19N3O2S. The van der Waals surface area contributed by atoms with Crippen molar-refractivity contribution < 1.29 is 9.59 Å². The van der Waals surface area contributed by atoms with Crippen molar-refractivity contribution in [2.24, 2.45) is 0 Å². The fourth-order valence-corrected chi connectivity index (χ4v) is 3.45. The number of likely N-dealkylation sites (N-methyl/N-ethyl adjacent to an activating group) is 1. The van der Waals surface area contributed by atoms with Crippen LogP contribution in [0.15, 0.2) is 35.7 Å². The molecule has 1 saturated heterocycles. The molecule has 1 aromatic carbocycles. The number of amides is 2. The van der Waals surface area contributed by atoms with Crippen molar-refractivity contribution in [1.82, 2.24) is 9.88 Å². The highest BCUT2D eigenvalue weighted by atomic mass is 32.1. The third kappa shape index (κ3) is 3.76. The fourth-order valence-electron chi connectivity index (χ4n) is 2.59. The van der Waals surface area contributed by atoms with E-state index in [2.05, 4.69) is 4.98 Å². The molecule has 6 heteroatoms. The minimum atomic E-state index is 0.0263. The molecule has 23 heavy (non-hydrogen) atoms. The maximum atomic E-state index is 12.3. The van der Waals surface area contributed by atoms with E-state index in [9.17, 15) is 9.59 Å². The number of rotatable bonds is 5. The number of carbonyl (C=O) groups excluding carboxylic acids is 2. The van der Waals surface area contributed by atoms with E-state index in [1.165, 1.54) is 11.3 Å². The van der Waals surface area contributed by atoms with Crippen molar-refractivity contribution in [2.45, 2.75) is 25.8 Å². The Morgan fingerprint density at radius 1 is 1.35 bits per heavy atom. The van der Waals surface area contributed by atoms with Gasteiger partial charge in [0.2, 0.25) is 11.8 Å². The van der Waals surface area contributed by atoms with Gasteiger partial charge in [0, 0.05) is 31.9 Å². The van der Waals surface area contributed by atoms with Crippen LogP contribution in [0.25, 0.3) is 0 Å². The van der Waals surface area contributed by atoms with Crippen LogP contribution in [0.3, 0.4) is 0 Å². The first kappa shape index (κ1) is 15.7. The number of hydrogen-bond donors (Lipinski definition) is 0. The Morgan fingerprint density at radius 2 is 2.13 bits per heavy atom. The Labute approximate surface area is 139 Å². The lowest BCUT2D eigenvalue weighted by Crippen LogP contribution is -2.28. The Hall–Kier alpha value is -2.21. The second-order valence-electron chi connectivity index (χ2n) is 5.68. The van der Waals surface area contributed by atoms with E-state index in [1.807, 2.05) is 35.7 Å². The van der Waals surface area contributed by atoms with Crippen molar-refractivity contribution in [3.63, 3.8) is 0 Å². The number of anilines is 1. The van der Waals surface area contributed by atoms with Crippen LogP contribution >= 0.6 is 11.3 Å². The summed E-state index contributed by atoms with van der Waals surface area (Å²) in [6, 6.07) is 9.90. The Kier molecular flexibility index (Phi) is 4.71. The lowest BCUT2D eigenvalue weighted by molar-refractivity contribution is -0.129. The predicted molar refractivity (Wildman–Crippen MR) is 90.3 cm³/mol. The molecule has 0 aliphatic carbocycles. The first-order valence-corrected chi connectivity index (χ1v) is 8.54. The largest absolute Gasteiger partial charge is 0.341 e. The van der Waals surface area contributed by atoms with E-state index in [0.29, 0.717) is 18.1 Å². The minimum Gasteiger partial charge on any atom is -0.341 e. The van der Waals surface area contributed by atoms with E-state index >= 15 is 0 Å². The molecule has 1 aliphatic heterocycles. The molecule has 0 spiro atoms. The number of nitrogens with zero attached hydrogens (tertiary/aromatic N) is 3. The zero-order valence-electron chi connectivity index (χ0n) is 13.1. The molecule has 0 atom stereocenters. The summed E-state index contributed by atoms with van der Waals surface area (Å²) in [6.45, 7) is 1.31. The van der Waals surface area contributed by atoms with Gasteiger partial charge < -0.3 is 4.90 Å². The zero-order chi connectivity index (χ0) is 16.2. The van der Waals surface area contributed by atoms with Crippen LogP contribution in [0.2, 0.25) is 0 Å². The molecule has 0 N–H and O–H groups in total. The van der Waals surface area contributed by atoms with Gasteiger partial charge in [-0.15, -0.1) is 11.3 Å². The number of benzene rings is 1. The van der Waals surface area contributed by atoms with E-state index in [1.54, 1.807) is 16.8 Å². The molecular weight excluding hydrogens is 310 g/mol. The summed E-state index contributed by atoms with van der Waals surface area (Å²) in [6.07, 6.45) is 1.74. The second-order valence-corrected chi connectivity index (χ2v) is 6.52. The second kappa shape index (κ2) is 6.91. The number of aromatic nitrogens is 1. The van der Waals surface area contributed by atoms with E-state index in [0.717, 1.165) is 24.2 Å². The van der Waals surface area contributed by atoms with Gasteiger partial charge >= 0.3 is 0 Å². The monoisotopic (exact) mass is 329 g/mol. The van der Waals surface area contributed by atoms with Gasteiger partial charge in [0.15, 0.2) is 5.13 Å². The SMILES string of the molecule is CN(Cc1ccccc1)C(=O)Cc1csc(N2CCCC2=O)n1. The molecule has 3 rings (SSSR count). The number of hydrogen-bond acceptors (Lipinski definition) is 4. The quantitative estimate of drug-likeness (QED) is 0.847. The Balaban J connectivity index is 1.59. The van der Waals surface area contributed by atoms with Crippen molar-refractivity contribution in [2.75, 3.05) is 18.5 Å². The summed E-state index contributed by atoms with van der Waals surface area (Å²) in [5.74, 6) is 0.150. The molecule has 0 unspecified atom stereocenters. The maximum Gasteiger partial charge on any atom is 0.228 e. The van der Waals surface area contributed by atoms with Crippen LogP contribution in [0.1, 0.15) is 24.1 Å². The molecule has 0 bridgehead atoms. The Bertz CT molecular complexity index is 699. The number of carbonyl (C=O) groups is 2. The van der Waals surface area contributed by atoms with Crippen LogP contribution in [-0.4, -0.2) is 35.3 Å². The summed E-state index contributed by atoms with van der Waals surface area (Å²) < 4.78 is 0. The molecule has 1 aromatic heterocycles. The molecule has 0 radical (unpaired) electrons. The zero-order valence-corrected chi connectivity index (χ0v) is 13.9. The Morgan fingerprint density at radius 3 is 2.83 bits per heavy atom. The summed E-state index contributed by atoms with van der Waals surface area (Å²) >= 11 is 1.43. The maximum absolute atomic E-state index is 12.3. The van der Waals surface area contributed by atoms with Gasteiger partial charge in [0.1, 0.15) is 0 Å². The molecule has 1 fully saturated rings. The van der Waals surface area contributed by atoms with Gasteiger partial charge in [-0.3, -0.25) is 14.5 Å². The van der Waals surface area contributed by atoms with Crippen LogP contribution in [0, 0.1) is 0 Å². The van der Waals surface area contributed by atoms with Gasteiger partial charge in [-0.2, -0.15) is 0 Å². The third-order valence-corrected chi connectivity index (χ3v) is 4.78. The van der Waals surface area contributed by atoms with Crippen LogP contribution in [0.5, 0.6) is 0 Å². The van der Waals surface area contributed by atoms with Crippen molar-refractivity contribution in [3.05, 3.63) is 47.0 Å². The first-order valence-electron chi connectivity index (χ1n) is 7.66. The number of thiazole rings is 1. The van der Waals surface area contributed by atoms with E-state index < -0.39 is 0 Å². The van der Waals surface area contributed by atoms with Gasteiger partial charge in [0.25, 0.3) is 0 Å². The normalized spacial score (nSPS) is 14.3. The summed E-state index contributed by atoms with van der Waals surface area (Å²) in [5, 5.41) is 2.58. The average Bonchev–Trinajstić information content (AvgIpc) is 3.17. The molecule has 2 amide bonds. The van der Waals surface area contributed by atoms with Gasteiger partial charge in [0.05, 0.1) is 12.1 Å². The predicted octanol–water partition coefficient (Wildman–Crippen LogP) is 2.47. The lowest BCUT2D eigenvalue weighted by atomic mass is 10.2. The van der Waals surface area contributed by atoms with E-state index in [-0.39, 0.29) is 18.2 Å². The molecule has 2 aromatic rings. The van der Waals surface area contributed by atoms with Crippen molar-refractivity contribution in [1.29, 1.82) is 0 Å². The van der Waals surface area contributed by atoms with Crippen LogP contribution in [-0.2, 0) is 22.6 Å². The lowest BCUT2D eigenvalue weighted by Gasteiger charge is -2.16. The third-order valence-electron chi connectivity index (χ3n) is 3.86. The highest BCUT2D eigenvalue weighted by Gasteiger charge is 2.24. The summed E-state index contributed by atoms with van der Waals surface area (Å²) in [4.78, 5) is 31.9. The first-order chi connectivity index (χ1) is 11.1. The van der Waals surface area contributed by atoms with Gasteiger partial charge in [-0.25, -0.2) is 4.98 Å². The highest BCUT2D eigenvalue weighted by molar-refractivity contribution is 7.14. The van der Waals surface area contributed by atoms with Gasteiger partial charge in [-0.1, -0.05) is 30.3 Å². The van der Waals surface area contributed by atoms with Crippen LogP contribution < -0.4 is 4.90 Å². The minimum absolute atomic E-state index is 0.0263. The van der Waals surface area contributed by atoms with Crippen molar-refractivity contribution in [3.8, 4) is 0 Å². The molecule has 0 saturated carbocycles.